The number of thiocarbonyl (C=S) groups is 1. The molecule has 2 aliphatic rings. The summed E-state index contributed by atoms with van der Waals surface area (Å²) in [5.74, 6) is 2.42. The number of thioether (sulfide) groups is 1. The van der Waals surface area contributed by atoms with Crippen LogP contribution in [0.1, 0.15) is 25.7 Å². The predicted molar refractivity (Wildman–Crippen MR) is 136 cm³/mol. The number of benzene rings is 1. The first-order chi connectivity index (χ1) is 15.7. The van der Waals surface area contributed by atoms with Gasteiger partial charge in [-0.25, -0.2) is 9.97 Å². The van der Waals surface area contributed by atoms with Gasteiger partial charge in [-0.3, -0.25) is 0 Å². The van der Waals surface area contributed by atoms with Crippen LogP contribution in [0.15, 0.2) is 18.5 Å². The molecule has 0 atom stereocenters. The first-order valence-corrected chi connectivity index (χ1v) is 13.1. The molecule has 0 bridgehead atoms. The molecule has 0 spiro atoms. The van der Waals surface area contributed by atoms with Gasteiger partial charge in [0.25, 0.3) is 0 Å². The van der Waals surface area contributed by atoms with Gasteiger partial charge >= 0.3 is 0 Å². The van der Waals surface area contributed by atoms with E-state index in [-0.39, 0.29) is 0 Å². The fourth-order valence-corrected chi connectivity index (χ4v) is 5.08. The van der Waals surface area contributed by atoms with Crippen molar-refractivity contribution in [1.82, 2.24) is 19.8 Å². The molecule has 3 heterocycles. The van der Waals surface area contributed by atoms with Crippen molar-refractivity contribution in [2.24, 2.45) is 0 Å². The maximum Gasteiger partial charge on any atom is 0.163 e. The van der Waals surface area contributed by atoms with E-state index in [2.05, 4.69) is 24.7 Å². The molecule has 1 aromatic carbocycles. The second-order valence-corrected chi connectivity index (χ2v) is 9.71. The number of rotatable bonds is 7. The van der Waals surface area contributed by atoms with Crippen LogP contribution in [0, 0.1) is 0 Å². The molecule has 2 aliphatic heterocycles. The van der Waals surface area contributed by atoms with Crippen molar-refractivity contribution in [3.8, 4) is 11.5 Å². The summed E-state index contributed by atoms with van der Waals surface area (Å²) < 4.78 is 12.7. The van der Waals surface area contributed by atoms with Gasteiger partial charge in [-0.05, 0) is 44.7 Å². The summed E-state index contributed by atoms with van der Waals surface area (Å²) in [5.41, 5.74) is 0.879. The van der Waals surface area contributed by atoms with E-state index in [4.69, 9.17) is 21.7 Å². The predicted octanol–water partition coefficient (Wildman–Crippen LogP) is 3.66. The van der Waals surface area contributed by atoms with Gasteiger partial charge in [0.05, 0.1) is 19.2 Å². The van der Waals surface area contributed by atoms with Crippen LogP contribution in [0.25, 0.3) is 10.9 Å². The smallest absolute Gasteiger partial charge is 0.163 e. The summed E-state index contributed by atoms with van der Waals surface area (Å²) in [5, 5.41) is 0.992. The van der Waals surface area contributed by atoms with Gasteiger partial charge in [-0.1, -0.05) is 18.6 Å². The van der Waals surface area contributed by atoms with E-state index in [9.17, 15) is 0 Å². The third-order valence-corrected chi connectivity index (χ3v) is 7.60. The number of anilines is 1. The number of methoxy groups -OCH3 is 1. The summed E-state index contributed by atoms with van der Waals surface area (Å²) in [6.07, 6.45) is 8.70. The quantitative estimate of drug-likeness (QED) is 0.441. The van der Waals surface area contributed by atoms with E-state index in [1.807, 2.05) is 18.4 Å². The zero-order valence-corrected chi connectivity index (χ0v) is 20.7. The molecule has 0 unspecified atom stereocenters. The van der Waals surface area contributed by atoms with Gasteiger partial charge in [-0.15, -0.1) is 11.8 Å². The SMILES string of the molecule is COc1cc2c(N3CCN(C(=S)SC)CC3)ncnc2cc1OCCCN1CCCCC1. The highest BCUT2D eigenvalue weighted by Gasteiger charge is 2.22. The monoisotopic (exact) mass is 475 g/mol. The summed E-state index contributed by atoms with van der Waals surface area (Å²) in [6.45, 7) is 7.77. The van der Waals surface area contributed by atoms with Crippen molar-refractivity contribution in [2.75, 3.05) is 70.7 Å². The van der Waals surface area contributed by atoms with Crippen molar-refractivity contribution in [3.05, 3.63) is 18.5 Å². The van der Waals surface area contributed by atoms with Crippen molar-refractivity contribution in [1.29, 1.82) is 0 Å². The van der Waals surface area contributed by atoms with Crippen LogP contribution in [-0.2, 0) is 0 Å². The minimum atomic E-state index is 0.674. The number of hydrogen-bond donors (Lipinski definition) is 0. The van der Waals surface area contributed by atoms with Crippen LogP contribution in [0.4, 0.5) is 5.82 Å². The third-order valence-electron chi connectivity index (χ3n) is 6.24. The van der Waals surface area contributed by atoms with Crippen molar-refractivity contribution in [3.63, 3.8) is 0 Å². The Labute approximate surface area is 200 Å². The fourth-order valence-electron chi connectivity index (χ4n) is 4.46. The molecule has 1 aromatic heterocycles. The number of ether oxygens (including phenoxy) is 2. The Morgan fingerprint density at radius 3 is 2.53 bits per heavy atom. The average molecular weight is 476 g/mol. The molecular weight excluding hydrogens is 442 g/mol. The van der Waals surface area contributed by atoms with Gasteiger partial charge < -0.3 is 24.2 Å². The molecule has 4 rings (SSSR count). The molecule has 2 aromatic rings. The Kier molecular flexibility index (Phi) is 8.26. The molecule has 0 amide bonds. The number of fused-ring (bicyclic) bond motifs is 1. The second kappa shape index (κ2) is 11.3. The highest BCUT2D eigenvalue weighted by Crippen LogP contribution is 2.35. The number of piperidine rings is 1. The molecule has 0 aliphatic carbocycles. The van der Waals surface area contributed by atoms with E-state index < -0.39 is 0 Å². The van der Waals surface area contributed by atoms with Gasteiger partial charge in [0.1, 0.15) is 16.5 Å². The van der Waals surface area contributed by atoms with Crippen LogP contribution >= 0.6 is 24.0 Å². The van der Waals surface area contributed by atoms with Crippen LogP contribution in [0.2, 0.25) is 0 Å². The van der Waals surface area contributed by atoms with E-state index in [0.717, 1.165) is 71.7 Å². The van der Waals surface area contributed by atoms with E-state index in [0.29, 0.717) is 6.61 Å². The summed E-state index contributed by atoms with van der Waals surface area (Å²) in [6, 6.07) is 4.00. The minimum absolute atomic E-state index is 0.674. The van der Waals surface area contributed by atoms with Crippen molar-refractivity contribution < 1.29 is 9.47 Å². The lowest BCUT2D eigenvalue weighted by Gasteiger charge is -2.36. The largest absolute Gasteiger partial charge is 0.493 e. The van der Waals surface area contributed by atoms with Crippen LogP contribution in [-0.4, -0.2) is 89.9 Å². The highest BCUT2D eigenvalue weighted by molar-refractivity contribution is 8.22. The van der Waals surface area contributed by atoms with Crippen LogP contribution in [0.5, 0.6) is 11.5 Å². The van der Waals surface area contributed by atoms with Crippen molar-refractivity contribution >= 4 is 45.0 Å². The minimum Gasteiger partial charge on any atom is -0.493 e. The van der Waals surface area contributed by atoms with E-state index >= 15 is 0 Å². The number of nitrogens with zero attached hydrogens (tertiary/aromatic N) is 5. The molecule has 9 heteroatoms. The normalized spacial score (nSPS) is 17.6. The average Bonchev–Trinajstić information content (AvgIpc) is 2.86. The molecule has 174 valence electrons. The topological polar surface area (TPSA) is 54.0 Å². The maximum atomic E-state index is 6.12. The van der Waals surface area contributed by atoms with Gasteiger partial charge in [0, 0.05) is 44.2 Å². The van der Waals surface area contributed by atoms with Crippen molar-refractivity contribution in [2.45, 2.75) is 25.7 Å². The fraction of sp³-hybridized carbons (Fsp3) is 0.609. The Morgan fingerprint density at radius 1 is 1.03 bits per heavy atom. The van der Waals surface area contributed by atoms with Gasteiger partial charge in [0.15, 0.2) is 11.5 Å². The molecule has 32 heavy (non-hydrogen) atoms. The molecule has 7 nitrogen and oxygen atoms in total. The number of hydrogen-bond acceptors (Lipinski definition) is 8. The number of piperazine rings is 1. The Hall–Kier alpha value is -1.84. The molecule has 0 saturated carbocycles. The summed E-state index contributed by atoms with van der Waals surface area (Å²) in [4.78, 5) is 16.2. The van der Waals surface area contributed by atoms with Crippen LogP contribution in [0.3, 0.4) is 0 Å². The first-order valence-electron chi connectivity index (χ1n) is 11.5. The lowest BCUT2D eigenvalue weighted by atomic mass is 10.1. The molecule has 0 radical (unpaired) electrons. The van der Waals surface area contributed by atoms with Crippen LogP contribution < -0.4 is 14.4 Å². The maximum absolute atomic E-state index is 6.12. The molecule has 0 N–H and O–H groups in total. The second-order valence-electron chi connectivity index (χ2n) is 8.27. The van der Waals surface area contributed by atoms with E-state index in [1.54, 1.807) is 25.2 Å². The number of aromatic nitrogens is 2. The summed E-state index contributed by atoms with van der Waals surface area (Å²) >= 11 is 7.08. The zero-order valence-electron chi connectivity index (χ0n) is 19.1. The highest BCUT2D eigenvalue weighted by atomic mass is 32.2. The lowest BCUT2D eigenvalue weighted by molar-refractivity contribution is 0.203. The van der Waals surface area contributed by atoms with E-state index in [1.165, 1.54) is 32.4 Å². The third kappa shape index (κ3) is 5.55. The molecular formula is C23H33N5O2S2. The zero-order chi connectivity index (χ0) is 22.3. The standard InChI is InChI=1S/C23H33N5O2S2/c1-29-20-15-18-19(16-21(20)30-14-6-9-26-7-4-3-5-8-26)24-17-25-22(18)27-10-12-28(13-11-27)23(31)32-2/h15-17H,3-14H2,1-2H3. The van der Waals surface area contributed by atoms with Gasteiger partial charge in [-0.2, -0.15) is 0 Å². The number of likely N-dealkylation sites (tertiary alicyclic amines) is 1. The molecule has 2 fully saturated rings. The Morgan fingerprint density at radius 2 is 1.81 bits per heavy atom. The Balaban J connectivity index is 1.43. The lowest BCUT2D eigenvalue weighted by Crippen LogP contribution is -2.47. The first kappa shape index (κ1) is 23.3. The van der Waals surface area contributed by atoms with Gasteiger partial charge in [0.2, 0.25) is 0 Å². The Bertz CT molecular complexity index is 915. The molecule has 2 saturated heterocycles. The summed E-state index contributed by atoms with van der Waals surface area (Å²) in [7, 11) is 1.69.